The van der Waals surface area contributed by atoms with E-state index in [0.717, 1.165) is 35.8 Å². The molecule has 0 saturated heterocycles. The number of benzene rings is 2. The lowest BCUT2D eigenvalue weighted by Gasteiger charge is -2.21. The first-order valence-electron chi connectivity index (χ1n) is 11.5. The summed E-state index contributed by atoms with van der Waals surface area (Å²) in [5, 5.41) is 9.06. The maximum atomic E-state index is 11.0. The van der Waals surface area contributed by atoms with Crippen molar-refractivity contribution in [3.63, 3.8) is 0 Å². The molecule has 0 unspecified atom stereocenters. The second-order valence-corrected chi connectivity index (χ2v) is 8.25. The highest BCUT2D eigenvalue weighted by Crippen LogP contribution is 2.25. The maximum absolute atomic E-state index is 11.0. The van der Waals surface area contributed by atoms with Gasteiger partial charge in [-0.1, -0.05) is 31.4 Å². The van der Waals surface area contributed by atoms with Gasteiger partial charge in [0.15, 0.2) is 6.10 Å². The van der Waals surface area contributed by atoms with Gasteiger partial charge in [0, 0.05) is 20.0 Å². The Balaban J connectivity index is 1.30. The molecule has 0 spiro atoms. The number of carboxylic acid groups (broad SMARTS) is 1. The first-order valence-corrected chi connectivity index (χ1v) is 11.5. The molecule has 0 bridgehead atoms. The van der Waals surface area contributed by atoms with Crippen LogP contribution in [0.1, 0.15) is 44.1 Å². The molecule has 0 radical (unpaired) electrons. The molecule has 0 aromatic heterocycles. The van der Waals surface area contributed by atoms with E-state index >= 15 is 0 Å². The highest BCUT2D eigenvalue weighted by Gasteiger charge is 2.16. The molecule has 1 aliphatic carbocycles. The van der Waals surface area contributed by atoms with Crippen LogP contribution in [0.5, 0.6) is 17.2 Å². The Morgan fingerprint density at radius 3 is 1.94 bits per heavy atom. The number of ether oxygens (including phenoxy) is 4. The van der Waals surface area contributed by atoms with E-state index in [-0.39, 0.29) is 0 Å². The number of hydrogen-bond acceptors (Lipinski definition) is 5. The van der Waals surface area contributed by atoms with E-state index in [1.165, 1.54) is 39.2 Å². The number of carboxylic acids is 1. The van der Waals surface area contributed by atoms with E-state index in [1.807, 2.05) is 48.5 Å². The van der Waals surface area contributed by atoms with Crippen LogP contribution in [0.4, 0.5) is 0 Å². The van der Waals surface area contributed by atoms with Crippen LogP contribution in [0, 0.1) is 5.92 Å². The Morgan fingerprint density at radius 1 is 0.875 bits per heavy atom. The lowest BCUT2D eigenvalue weighted by Crippen LogP contribution is -2.24. The molecule has 1 fully saturated rings. The maximum Gasteiger partial charge on any atom is 0.333 e. The Hall–Kier alpha value is -2.73. The van der Waals surface area contributed by atoms with Gasteiger partial charge in [-0.3, -0.25) is 0 Å². The molecule has 1 N–H and O–H groups in total. The minimum Gasteiger partial charge on any atom is -0.493 e. The molecule has 6 nitrogen and oxygen atoms in total. The van der Waals surface area contributed by atoms with Crippen LogP contribution in [0.3, 0.4) is 0 Å². The third kappa shape index (κ3) is 8.08. The number of carbonyl (C=O) groups is 1. The first-order chi connectivity index (χ1) is 15.6. The average molecular weight is 443 g/mol. The molecule has 0 heterocycles. The zero-order valence-corrected chi connectivity index (χ0v) is 18.8. The molecule has 1 atom stereocenters. The monoisotopic (exact) mass is 442 g/mol. The van der Waals surface area contributed by atoms with E-state index in [0.29, 0.717) is 25.6 Å². The van der Waals surface area contributed by atoms with Crippen molar-refractivity contribution in [3.8, 4) is 17.2 Å². The lowest BCUT2D eigenvalue weighted by molar-refractivity contribution is -0.148. The Morgan fingerprint density at radius 2 is 1.41 bits per heavy atom. The van der Waals surface area contributed by atoms with Gasteiger partial charge < -0.3 is 24.1 Å². The molecule has 2 aromatic rings. The fourth-order valence-corrected chi connectivity index (χ4v) is 3.85. The number of rotatable bonds is 13. The minimum atomic E-state index is -0.963. The Kier molecular flexibility index (Phi) is 9.69. The third-order valence-electron chi connectivity index (χ3n) is 5.76. The molecule has 2 aromatic carbocycles. The van der Waals surface area contributed by atoms with Crippen molar-refractivity contribution in [2.24, 2.45) is 5.92 Å². The van der Waals surface area contributed by atoms with Crippen LogP contribution in [-0.2, 0) is 16.0 Å². The zero-order chi connectivity index (χ0) is 22.6. The molecule has 6 heteroatoms. The molecule has 174 valence electrons. The summed E-state index contributed by atoms with van der Waals surface area (Å²) in [7, 11) is 1.40. The summed E-state index contributed by atoms with van der Waals surface area (Å²) in [5.41, 5.74) is 0.890. The summed E-state index contributed by atoms with van der Waals surface area (Å²) in [4.78, 5) is 11.0. The average Bonchev–Trinajstić information content (AvgIpc) is 2.83. The summed E-state index contributed by atoms with van der Waals surface area (Å²) in [6, 6.07) is 15.2. The number of aliphatic carboxylic acids is 1. The van der Waals surface area contributed by atoms with Gasteiger partial charge in [-0.05, 0) is 60.7 Å². The topological polar surface area (TPSA) is 74.2 Å². The number of methoxy groups -OCH3 is 1. The fraction of sp³-hybridized carbons (Fsp3) is 0.500. The van der Waals surface area contributed by atoms with Gasteiger partial charge in [0.2, 0.25) is 0 Å². The lowest BCUT2D eigenvalue weighted by atomic mass is 9.90. The molecule has 1 saturated carbocycles. The molecule has 3 rings (SSSR count). The summed E-state index contributed by atoms with van der Waals surface area (Å²) in [6.45, 7) is 1.91. The predicted molar refractivity (Wildman–Crippen MR) is 123 cm³/mol. The van der Waals surface area contributed by atoms with Gasteiger partial charge in [-0.25, -0.2) is 4.79 Å². The van der Waals surface area contributed by atoms with E-state index in [1.54, 1.807) is 0 Å². The SMILES string of the molecule is CO[C@@H](Cc1ccc(OCCCOc2ccc(OCC3CCCCC3)cc2)cc1)C(=O)O. The van der Waals surface area contributed by atoms with Gasteiger partial charge in [-0.15, -0.1) is 0 Å². The first kappa shape index (κ1) is 23.9. The molecule has 1 aliphatic rings. The van der Waals surface area contributed by atoms with Crippen LogP contribution in [0.2, 0.25) is 0 Å². The third-order valence-corrected chi connectivity index (χ3v) is 5.76. The zero-order valence-electron chi connectivity index (χ0n) is 18.8. The standard InChI is InChI=1S/C26H34O6/c1-29-25(26(27)28)18-20-8-10-22(11-9-20)30-16-5-17-31-23-12-14-24(15-13-23)32-19-21-6-3-2-4-7-21/h8-15,21,25H,2-7,16-19H2,1H3,(H,27,28)/t25-/m0/s1. The molecule has 0 aliphatic heterocycles. The summed E-state index contributed by atoms with van der Waals surface area (Å²) in [6.07, 6.45) is 6.84. The van der Waals surface area contributed by atoms with Crippen molar-refractivity contribution in [2.75, 3.05) is 26.9 Å². The largest absolute Gasteiger partial charge is 0.493 e. The quantitative estimate of drug-likeness (QED) is 0.433. The van der Waals surface area contributed by atoms with Crippen LogP contribution < -0.4 is 14.2 Å². The fourth-order valence-electron chi connectivity index (χ4n) is 3.85. The van der Waals surface area contributed by atoms with E-state index in [2.05, 4.69) is 0 Å². The molecule has 0 amide bonds. The molecular weight excluding hydrogens is 408 g/mol. The van der Waals surface area contributed by atoms with Crippen LogP contribution in [-0.4, -0.2) is 44.1 Å². The van der Waals surface area contributed by atoms with Crippen molar-refractivity contribution in [2.45, 2.75) is 51.0 Å². The van der Waals surface area contributed by atoms with Gasteiger partial charge >= 0.3 is 5.97 Å². The van der Waals surface area contributed by atoms with Crippen molar-refractivity contribution < 1.29 is 28.8 Å². The van der Waals surface area contributed by atoms with Gasteiger partial charge in [0.05, 0.1) is 19.8 Å². The summed E-state index contributed by atoms with van der Waals surface area (Å²) < 4.78 is 22.4. The second-order valence-electron chi connectivity index (χ2n) is 8.25. The normalized spacial score (nSPS) is 15.2. The highest BCUT2D eigenvalue weighted by molar-refractivity contribution is 5.72. The van der Waals surface area contributed by atoms with Gasteiger partial charge in [0.1, 0.15) is 17.2 Å². The second kappa shape index (κ2) is 13.0. The Bertz CT molecular complexity index is 796. The van der Waals surface area contributed by atoms with Crippen LogP contribution in [0.25, 0.3) is 0 Å². The van der Waals surface area contributed by atoms with Crippen molar-refractivity contribution in [3.05, 3.63) is 54.1 Å². The minimum absolute atomic E-state index is 0.324. The molecule has 32 heavy (non-hydrogen) atoms. The highest BCUT2D eigenvalue weighted by atomic mass is 16.5. The Labute approximate surface area is 190 Å². The van der Waals surface area contributed by atoms with Crippen molar-refractivity contribution in [1.29, 1.82) is 0 Å². The van der Waals surface area contributed by atoms with E-state index < -0.39 is 12.1 Å². The van der Waals surface area contributed by atoms with Crippen LogP contribution >= 0.6 is 0 Å². The van der Waals surface area contributed by atoms with Gasteiger partial charge in [0.25, 0.3) is 0 Å². The number of hydrogen-bond donors (Lipinski definition) is 1. The molecular formula is C26H34O6. The van der Waals surface area contributed by atoms with E-state index in [9.17, 15) is 4.79 Å². The smallest absolute Gasteiger partial charge is 0.333 e. The van der Waals surface area contributed by atoms with Gasteiger partial charge in [-0.2, -0.15) is 0 Å². The summed E-state index contributed by atoms with van der Waals surface area (Å²) in [5.74, 6) is 2.20. The van der Waals surface area contributed by atoms with Crippen LogP contribution in [0.15, 0.2) is 48.5 Å². The van der Waals surface area contributed by atoms with Crippen molar-refractivity contribution >= 4 is 5.97 Å². The van der Waals surface area contributed by atoms with Crippen molar-refractivity contribution in [1.82, 2.24) is 0 Å². The predicted octanol–water partition coefficient (Wildman–Crippen LogP) is 5.14. The van der Waals surface area contributed by atoms with E-state index in [4.69, 9.17) is 24.1 Å². The summed E-state index contributed by atoms with van der Waals surface area (Å²) >= 11 is 0.